The molecule has 5 heteroatoms. The maximum Gasteiger partial charge on any atom is 0.342 e. The number of hydrogen-bond acceptors (Lipinski definition) is 5. The molecule has 0 bridgehead atoms. The van der Waals surface area contributed by atoms with Gasteiger partial charge >= 0.3 is 5.97 Å². The molecule has 0 aliphatic heterocycles. The van der Waals surface area contributed by atoms with E-state index in [0.29, 0.717) is 5.75 Å². The van der Waals surface area contributed by atoms with E-state index in [1.807, 2.05) is 30.3 Å². The molecule has 1 aromatic carbocycles. The summed E-state index contributed by atoms with van der Waals surface area (Å²) in [6, 6.07) is 9.32. The monoisotopic (exact) mass is 226 g/mol. The van der Waals surface area contributed by atoms with Crippen LogP contribution in [-0.2, 0) is 15.4 Å². The predicted octanol–water partition coefficient (Wildman–Crippen LogP) is 0.664. The molecule has 1 atom stereocenters. The van der Waals surface area contributed by atoms with E-state index in [1.165, 1.54) is 5.56 Å². The minimum Gasteiger partial charge on any atom is -0.372 e. The van der Waals surface area contributed by atoms with Crippen LogP contribution >= 0.6 is 11.8 Å². The first-order valence-corrected chi connectivity index (χ1v) is 5.67. The summed E-state index contributed by atoms with van der Waals surface area (Å²) in [7, 11) is 0. The maximum atomic E-state index is 10.9. The summed E-state index contributed by atoms with van der Waals surface area (Å²) in [6.07, 6.45) is 0. The Morgan fingerprint density at radius 1 is 1.40 bits per heavy atom. The van der Waals surface area contributed by atoms with Crippen molar-refractivity contribution >= 4 is 17.7 Å². The van der Waals surface area contributed by atoms with Crippen molar-refractivity contribution in [1.82, 2.24) is 0 Å². The van der Waals surface area contributed by atoms with Crippen molar-refractivity contribution in [3.8, 4) is 0 Å². The van der Waals surface area contributed by atoms with Gasteiger partial charge in [-0.3, -0.25) is 0 Å². The van der Waals surface area contributed by atoms with Crippen molar-refractivity contribution in [2.75, 3.05) is 5.75 Å². The third kappa shape index (κ3) is 4.33. The smallest absolute Gasteiger partial charge is 0.342 e. The molecule has 15 heavy (non-hydrogen) atoms. The van der Waals surface area contributed by atoms with E-state index >= 15 is 0 Å². The second-order valence-electron chi connectivity index (χ2n) is 3.04. The van der Waals surface area contributed by atoms with Gasteiger partial charge in [0.25, 0.3) is 0 Å². The van der Waals surface area contributed by atoms with Crippen molar-refractivity contribution in [2.45, 2.75) is 11.8 Å². The average molecular weight is 226 g/mol. The van der Waals surface area contributed by atoms with E-state index < -0.39 is 12.0 Å². The van der Waals surface area contributed by atoms with Crippen molar-refractivity contribution in [3.05, 3.63) is 35.9 Å². The third-order valence-corrected chi connectivity index (χ3v) is 2.96. The van der Waals surface area contributed by atoms with Gasteiger partial charge in [0, 0.05) is 11.5 Å². The van der Waals surface area contributed by atoms with Crippen LogP contribution in [0.4, 0.5) is 0 Å². The quantitative estimate of drug-likeness (QED) is 0.721. The van der Waals surface area contributed by atoms with Crippen LogP contribution in [0.3, 0.4) is 0 Å². The Morgan fingerprint density at radius 2 is 2.07 bits per heavy atom. The van der Waals surface area contributed by atoms with Crippen LogP contribution in [-0.4, -0.2) is 17.8 Å². The Balaban J connectivity index is 2.25. The van der Waals surface area contributed by atoms with Gasteiger partial charge < -0.3 is 10.6 Å². The lowest BCUT2D eigenvalue weighted by Gasteiger charge is -2.07. The number of hydrogen-bond donors (Lipinski definition) is 2. The molecule has 0 fully saturated rings. The van der Waals surface area contributed by atoms with Gasteiger partial charge in [0.1, 0.15) is 6.04 Å². The second-order valence-corrected chi connectivity index (χ2v) is 4.07. The summed E-state index contributed by atoms with van der Waals surface area (Å²) in [4.78, 5) is 14.9. The molecule has 0 aliphatic carbocycles. The summed E-state index contributed by atoms with van der Waals surface area (Å²) in [5, 5.41) is 0. The Kier molecular flexibility index (Phi) is 5.17. The first kappa shape index (κ1) is 12.0. The fourth-order valence-corrected chi connectivity index (χ4v) is 1.97. The van der Waals surface area contributed by atoms with E-state index in [4.69, 9.17) is 11.6 Å². The van der Waals surface area contributed by atoms with Gasteiger partial charge in [-0.2, -0.15) is 17.7 Å². The van der Waals surface area contributed by atoms with Crippen molar-refractivity contribution < 1.29 is 9.63 Å². The lowest BCUT2D eigenvalue weighted by atomic mass is 10.2. The average Bonchev–Trinajstić information content (AvgIpc) is 2.29. The van der Waals surface area contributed by atoms with Gasteiger partial charge in [-0.05, 0) is 5.56 Å². The van der Waals surface area contributed by atoms with Crippen LogP contribution in [0.5, 0.6) is 0 Å². The fourth-order valence-electron chi connectivity index (χ4n) is 1.03. The molecular formula is C10H14N2O2S. The summed E-state index contributed by atoms with van der Waals surface area (Å²) in [5.41, 5.74) is 6.72. The van der Waals surface area contributed by atoms with Gasteiger partial charge in [-0.25, -0.2) is 4.79 Å². The minimum atomic E-state index is -0.649. The highest BCUT2D eigenvalue weighted by Gasteiger charge is 2.13. The van der Waals surface area contributed by atoms with Crippen LogP contribution < -0.4 is 11.6 Å². The van der Waals surface area contributed by atoms with Gasteiger partial charge in [0.2, 0.25) is 0 Å². The van der Waals surface area contributed by atoms with Gasteiger partial charge in [-0.15, -0.1) is 0 Å². The largest absolute Gasteiger partial charge is 0.372 e. The molecule has 0 heterocycles. The van der Waals surface area contributed by atoms with Crippen LogP contribution in [0, 0.1) is 0 Å². The van der Waals surface area contributed by atoms with Crippen molar-refractivity contribution in [3.63, 3.8) is 0 Å². The molecule has 82 valence electrons. The van der Waals surface area contributed by atoms with Crippen LogP contribution in [0.25, 0.3) is 0 Å². The van der Waals surface area contributed by atoms with Crippen LogP contribution in [0.2, 0.25) is 0 Å². The number of nitrogens with two attached hydrogens (primary N) is 2. The van der Waals surface area contributed by atoms with Gasteiger partial charge in [0.15, 0.2) is 0 Å². The molecule has 4 N–H and O–H groups in total. The summed E-state index contributed by atoms with van der Waals surface area (Å²) in [6.45, 7) is 0. The molecular weight excluding hydrogens is 212 g/mol. The summed E-state index contributed by atoms with van der Waals surface area (Å²) < 4.78 is 0. The van der Waals surface area contributed by atoms with Crippen LogP contribution in [0.15, 0.2) is 30.3 Å². The van der Waals surface area contributed by atoms with Crippen molar-refractivity contribution in [2.24, 2.45) is 11.6 Å². The van der Waals surface area contributed by atoms with E-state index in [9.17, 15) is 4.79 Å². The number of rotatable bonds is 5. The molecule has 0 spiro atoms. The molecule has 1 aromatic rings. The zero-order valence-corrected chi connectivity index (χ0v) is 9.07. The Labute approximate surface area is 92.9 Å². The molecule has 0 aromatic heterocycles. The van der Waals surface area contributed by atoms with E-state index in [2.05, 4.69) is 4.84 Å². The lowest BCUT2D eigenvalue weighted by molar-refractivity contribution is -0.145. The molecule has 0 aliphatic rings. The maximum absolute atomic E-state index is 10.9. The first-order chi connectivity index (χ1) is 7.24. The molecule has 0 amide bonds. The SMILES string of the molecule is NOC(=O)C(N)CSCc1ccccc1. The molecule has 1 unspecified atom stereocenters. The molecule has 1 rings (SSSR count). The first-order valence-electron chi connectivity index (χ1n) is 4.52. The van der Waals surface area contributed by atoms with E-state index in [0.717, 1.165) is 5.75 Å². The Hall–Kier alpha value is -1.04. The minimum absolute atomic E-state index is 0.505. The zero-order chi connectivity index (χ0) is 11.1. The highest BCUT2D eigenvalue weighted by atomic mass is 32.2. The lowest BCUT2D eigenvalue weighted by Crippen LogP contribution is -2.36. The molecule has 4 nitrogen and oxygen atoms in total. The number of thioether (sulfide) groups is 1. The number of carbonyl (C=O) groups excluding carboxylic acids is 1. The highest BCUT2D eigenvalue weighted by molar-refractivity contribution is 7.98. The topological polar surface area (TPSA) is 78.3 Å². The van der Waals surface area contributed by atoms with Gasteiger partial charge in [-0.1, -0.05) is 30.3 Å². The molecule has 0 radical (unpaired) electrons. The fraction of sp³-hybridized carbons (Fsp3) is 0.300. The normalized spacial score (nSPS) is 12.1. The number of benzene rings is 1. The van der Waals surface area contributed by atoms with Crippen LogP contribution in [0.1, 0.15) is 5.56 Å². The highest BCUT2D eigenvalue weighted by Crippen LogP contribution is 2.12. The van der Waals surface area contributed by atoms with Gasteiger partial charge in [0.05, 0.1) is 0 Å². The molecule has 0 saturated heterocycles. The number of carbonyl (C=O) groups is 1. The summed E-state index contributed by atoms with van der Waals surface area (Å²) in [5.74, 6) is 5.47. The van der Waals surface area contributed by atoms with Crippen molar-refractivity contribution in [1.29, 1.82) is 0 Å². The summed E-state index contributed by atoms with van der Waals surface area (Å²) >= 11 is 1.58. The third-order valence-electron chi connectivity index (χ3n) is 1.83. The molecule has 0 saturated carbocycles. The Morgan fingerprint density at radius 3 is 2.67 bits per heavy atom. The Bertz CT molecular complexity index is 306. The van der Waals surface area contributed by atoms with E-state index in [1.54, 1.807) is 11.8 Å². The standard InChI is InChI=1S/C10H14N2O2S/c11-9(10(13)14-12)7-15-6-8-4-2-1-3-5-8/h1-5,9H,6-7,11-12H2. The zero-order valence-electron chi connectivity index (χ0n) is 8.26. The predicted molar refractivity (Wildman–Crippen MR) is 60.9 cm³/mol. The second kappa shape index (κ2) is 6.44. The van der Waals surface area contributed by atoms with E-state index in [-0.39, 0.29) is 0 Å².